The van der Waals surface area contributed by atoms with Crippen molar-refractivity contribution in [1.82, 2.24) is 10.2 Å². The summed E-state index contributed by atoms with van der Waals surface area (Å²) in [6.07, 6.45) is 1.31. The summed E-state index contributed by atoms with van der Waals surface area (Å²) in [5.74, 6) is 0.755. The summed E-state index contributed by atoms with van der Waals surface area (Å²) < 4.78 is 5.11. The molecule has 1 atom stereocenters. The zero-order valence-corrected chi connectivity index (χ0v) is 12.4. The van der Waals surface area contributed by atoms with Crippen LogP contribution in [0, 0.1) is 0 Å². The lowest BCUT2D eigenvalue weighted by Gasteiger charge is -2.30. The molecule has 1 aliphatic rings. The molecule has 1 unspecified atom stereocenters. The number of hydrogen-bond acceptors (Lipinski definition) is 4. The molecule has 2 rings (SSSR count). The Morgan fingerprint density at radius 3 is 3.00 bits per heavy atom. The minimum absolute atomic E-state index is 0.109. The number of methoxy groups -OCH3 is 1. The van der Waals surface area contributed by atoms with Crippen LogP contribution in [0.2, 0.25) is 0 Å². The van der Waals surface area contributed by atoms with Crippen LogP contribution < -0.4 is 15.4 Å². The molecule has 1 aromatic rings. The van der Waals surface area contributed by atoms with E-state index in [0.29, 0.717) is 24.4 Å². The van der Waals surface area contributed by atoms with Crippen molar-refractivity contribution < 1.29 is 14.3 Å². The molecule has 1 heterocycles. The van der Waals surface area contributed by atoms with Crippen molar-refractivity contribution in [2.45, 2.75) is 18.9 Å². The first kappa shape index (κ1) is 15.3. The highest BCUT2D eigenvalue weighted by molar-refractivity contribution is 5.92. The third kappa shape index (κ3) is 4.46. The molecule has 0 radical (unpaired) electrons. The Bertz CT molecular complexity index is 519. The summed E-state index contributed by atoms with van der Waals surface area (Å²) in [7, 11) is 3.37. The Labute approximate surface area is 124 Å². The number of ether oxygens (including phenoxy) is 1. The van der Waals surface area contributed by atoms with E-state index in [1.165, 1.54) is 0 Å². The second-order valence-corrected chi connectivity index (χ2v) is 5.17. The molecule has 6 heteroatoms. The molecule has 0 bridgehead atoms. The largest absolute Gasteiger partial charge is 0.497 e. The van der Waals surface area contributed by atoms with Crippen molar-refractivity contribution in [2.24, 2.45) is 0 Å². The van der Waals surface area contributed by atoms with E-state index in [1.807, 2.05) is 18.2 Å². The fourth-order valence-electron chi connectivity index (χ4n) is 2.32. The van der Waals surface area contributed by atoms with Crippen LogP contribution >= 0.6 is 0 Å². The minimum Gasteiger partial charge on any atom is -0.497 e. The number of amides is 2. The van der Waals surface area contributed by atoms with Crippen molar-refractivity contribution >= 4 is 17.5 Å². The molecule has 2 N–H and O–H groups in total. The first-order valence-electron chi connectivity index (χ1n) is 6.99. The number of anilines is 1. The Hall–Kier alpha value is -2.08. The Balaban J connectivity index is 1.78. The van der Waals surface area contributed by atoms with Gasteiger partial charge in [-0.3, -0.25) is 9.59 Å². The van der Waals surface area contributed by atoms with Crippen molar-refractivity contribution in [3.63, 3.8) is 0 Å². The Morgan fingerprint density at radius 2 is 2.29 bits per heavy atom. The first-order valence-corrected chi connectivity index (χ1v) is 6.99. The lowest BCUT2D eigenvalue weighted by Crippen LogP contribution is -2.48. The zero-order chi connectivity index (χ0) is 15.2. The van der Waals surface area contributed by atoms with Crippen LogP contribution in [-0.4, -0.2) is 50.0 Å². The number of carbonyl (C=O) groups excluding carboxylic acids is 2. The van der Waals surface area contributed by atoms with E-state index in [0.717, 1.165) is 6.42 Å². The molecule has 21 heavy (non-hydrogen) atoms. The van der Waals surface area contributed by atoms with Crippen molar-refractivity contribution in [1.29, 1.82) is 0 Å². The summed E-state index contributed by atoms with van der Waals surface area (Å²) in [4.78, 5) is 25.0. The zero-order valence-electron chi connectivity index (χ0n) is 12.4. The van der Waals surface area contributed by atoms with Gasteiger partial charge in [-0.25, -0.2) is 0 Å². The van der Waals surface area contributed by atoms with Crippen LogP contribution in [0.3, 0.4) is 0 Å². The fourth-order valence-corrected chi connectivity index (χ4v) is 2.32. The van der Waals surface area contributed by atoms with Crippen molar-refractivity contribution in [3.05, 3.63) is 24.3 Å². The van der Waals surface area contributed by atoms with Crippen molar-refractivity contribution in [3.8, 4) is 5.75 Å². The van der Waals surface area contributed by atoms with Crippen LogP contribution in [0.25, 0.3) is 0 Å². The molecule has 0 spiro atoms. The van der Waals surface area contributed by atoms with Crippen molar-refractivity contribution in [2.75, 3.05) is 32.6 Å². The lowest BCUT2D eigenvalue weighted by molar-refractivity contribution is -0.132. The van der Waals surface area contributed by atoms with Gasteiger partial charge in [-0.15, -0.1) is 0 Å². The maximum atomic E-state index is 11.9. The van der Waals surface area contributed by atoms with Crippen LogP contribution in [0.15, 0.2) is 24.3 Å². The summed E-state index contributed by atoms with van der Waals surface area (Å²) in [5.41, 5.74) is 0.706. The second-order valence-electron chi connectivity index (χ2n) is 5.17. The van der Waals surface area contributed by atoms with E-state index in [4.69, 9.17) is 4.74 Å². The summed E-state index contributed by atoms with van der Waals surface area (Å²) >= 11 is 0. The number of hydrogen-bond donors (Lipinski definition) is 2. The molecule has 1 saturated heterocycles. The van der Waals surface area contributed by atoms with Crippen LogP contribution in [0.1, 0.15) is 12.8 Å². The number of rotatable bonds is 5. The number of carbonyl (C=O) groups is 2. The highest BCUT2D eigenvalue weighted by Crippen LogP contribution is 2.16. The summed E-state index contributed by atoms with van der Waals surface area (Å²) in [5, 5.41) is 6.00. The molecular weight excluding hydrogens is 270 g/mol. The van der Waals surface area contributed by atoms with E-state index in [2.05, 4.69) is 10.6 Å². The van der Waals surface area contributed by atoms with E-state index in [-0.39, 0.29) is 24.4 Å². The van der Waals surface area contributed by atoms with Gasteiger partial charge in [-0.05, 0) is 18.6 Å². The summed E-state index contributed by atoms with van der Waals surface area (Å²) in [6, 6.07) is 7.40. The molecule has 1 fully saturated rings. The Kier molecular flexibility index (Phi) is 5.16. The van der Waals surface area contributed by atoms with Gasteiger partial charge in [0.25, 0.3) is 0 Å². The second kappa shape index (κ2) is 7.08. The first-order chi connectivity index (χ1) is 10.1. The molecule has 6 nitrogen and oxygen atoms in total. The van der Waals surface area contributed by atoms with Gasteiger partial charge < -0.3 is 20.3 Å². The molecule has 2 amide bonds. The maximum Gasteiger partial charge on any atom is 0.238 e. The SMILES string of the molecule is COc1cccc(NC(=O)CNC2CCC(=O)N(C)C2)c1. The van der Waals surface area contributed by atoms with E-state index >= 15 is 0 Å². The van der Waals surface area contributed by atoms with Gasteiger partial charge in [-0.1, -0.05) is 6.07 Å². The standard InChI is InChI=1S/C15H21N3O3/c1-18-10-12(6-7-15(18)20)16-9-14(19)17-11-4-3-5-13(8-11)21-2/h3-5,8,12,16H,6-7,9-10H2,1-2H3,(H,17,19). The number of likely N-dealkylation sites (N-methyl/N-ethyl adjacent to an activating group) is 1. The van der Waals surface area contributed by atoms with E-state index < -0.39 is 0 Å². The van der Waals surface area contributed by atoms with Crippen LogP contribution in [-0.2, 0) is 9.59 Å². The topological polar surface area (TPSA) is 70.7 Å². The Morgan fingerprint density at radius 1 is 1.48 bits per heavy atom. The van der Waals surface area contributed by atoms with Gasteiger partial charge in [0.15, 0.2) is 0 Å². The normalized spacial score (nSPS) is 18.5. The smallest absolute Gasteiger partial charge is 0.238 e. The molecule has 0 aliphatic carbocycles. The molecule has 1 aromatic carbocycles. The highest BCUT2D eigenvalue weighted by Gasteiger charge is 2.22. The average Bonchev–Trinajstić information content (AvgIpc) is 2.48. The van der Waals surface area contributed by atoms with E-state index in [1.54, 1.807) is 25.1 Å². The number of benzene rings is 1. The van der Waals surface area contributed by atoms with Crippen LogP contribution in [0.4, 0.5) is 5.69 Å². The van der Waals surface area contributed by atoms with Gasteiger partial charge in [0.1, 0.15) is 5.75 Å². The predicted molar refractivity (Wildman–Crippen MR) is 80.3 cm³/mol. The number of piperidine rings is 1. The van der Waals surface area contributed by atoms with Gasteiger partial charge >= 0.3 is 0 Å². The predicted octanol–water partition coefficient (Wildman–Crippen LogP) is 0.844. The van der Waals surface area contributed by atoms with Crippen LogP contribution in [0.5, 0.6) is 5.75 Å². The third-order valence-electron chi connectivity index (χ3n) is 3.53. The number of nitrogens with zero attached hydrogens (tertiary/aromatic N) is 1. The highest BCUT2D eigenvalue weighted by atomic mass is 16.5. The molecule has 1 aliphatic heterocycles. The number of nitrogens with one attached hydrogen (secondary N) is 2. The van der Waals surface area contributed by atoms with E-state index in [9.17, 15) is 9.59 Å². The maximum absolute atomic E-state index is 11.9. The summed E-state index contributed by atoms with van der Waals surface area (Å²) in [6.45, 7) is 0.870. The minimum atomic E-state index is -0.109. The quantitative estimate of drug-likeness (QED) is 0.843. The third-order valence-corrected chi connectivity index (χ3v) is 3.53. The van der Waals surface area contributed by atoms with Gasteiger partial charge in [0.05, 0.1) is 13.7 Å². The fraction of sp³-hybridized carbons (Fsp3) is 0.467. The number of likely N-dealkylation sites (tertiary alicyclic amines) is 1. The lowest BCUT2D eigenvalue weighted by atomic mass is 10.1. The van der Waals surface area contributed by atoms with Gasteiger partial charge in [-0.2, -0.15) is 0 Å². The van der Waals surface area contributed by atoms with Gasteiger partial charge in [0.2, 0.25) is 11.8 Å². The van der Waals surface area contributed by atoms with Gasteiger partial charge in [0, 0.05) is 37.8 Å². The molecule has 114 valence electrons. The molecule has 0 saturated carbocycles. The molecule has 0 aromatic heterocycles. The average molecular weight is 291 g/mol. The molecular formula is C15H21N3O3. The monoisotopic (exact) mass is 291 g/mol.